The Kier molecular flexibility index (Phi) is 6.93. The van der Waals surface area contributed by atoms with Crippen LogP contribution < -0.4 is 4.31 Å². The van der Waals surface area contributed by atoms with E-state index >= 15 is 0 Å². The van der Waals surface area contributed by atoms with Gasteiger partial charge in [0.05, 0.1) is 16.8 Å². The van der Waals surface area contributed by atoms with Crippen LogP contribution in [-0.4, -0.2) is 42.0 Å². The minimum absolute atomic E-state index is 0.0544. The first kappa shape index (κ1) is 25.9. The smallest absolute Gasteiger partial charge is 0.267 e. The summed E-state index contributed by atoms with van der Waals surface area (Å²) in [6.07, 6.45) is -12.4. The summed E-state index contributed by atoms with van der Waals surface area (Å²) in [6.45, 7) is 1.22. The molecule has 0 fully saturated rings. The number of rotatable bonds is 7. The van der Waals surface area contributed by atoms with E-state index in [4.69, 9.17) is 0 Å². The third-order valence-electron chi connectivity index (χ3n) is 4.26. The second-order valence-electron chi connectivity index (χ2n) is 6.49. The fourth-order valence-corrected chi connectivity index (χ4v) is 5.17. The molecule has 14 heteroatoms. The van der Waals surface area contributed by atoms with Crippen LogP contribution >= 0.6 is 0 Å². The van der Waals surface area contributed by atoms with Crippen LogP contribution in [0.1, 0.15) is 12.5 Å². The molecular weight excluding hydrogens is 488 g/mol. The lowest BCUT2D eigenvalue weighted by molar-refractivity contribution is -0.364. The number of halogens is 6. The van der Waals surface area contributed by atoms with Crippen molar-refractivity contribution in [2.75, 3.05) is 17.1 Å². The molecule has 0 bridgehead atoms. The Morgan fingerprint density at radius 3 is 1.66 bits per heavy atom. The van der Waals surface area contributed by atoms with Crippen LogP contribution in [0.25, 0.3) is 0 Å². The van der Waals surface area contributed by atoms with Crippen molar-refractivity contribution in [3.63, 3.8) is 0 Å². The highest BCUT2D eigenvalue weighted by Gasteiger charge is 2.75. The van der Waals surface area contributed by atoms with Crippen molar-refractivity contribution in [2.24, 2.45) is 0 Å². The van der Waals surface area contributed by atoms with E-state index in [9.17, 15) is 43.2 Å². The van der Waals surface area contributed by atoms with Crippen LogP contribution in [0.4, 0.5) is 32.0 Å². The molecule has 0 radical (unpaired) electrons. The predicted octanol–water partition coefficient (Wildman–Crippen LogP) is 4.20. The molecule has 0 aliphatic carbocycles. The van der Waals surface area contributed by atoms with Crippen LogP contribution in [0.2, 0.25) is 0 Å². The van der Waals surface area contributed by atoms with Crippen LogP contribution in [0.3, 0.4) is 0 Å². The Bertz CT molecular complexity index is 1130. The van der Waals surface area contributed by atoms with Crippen molar-refractivity contribution >= 4 is 25.8 Å². The lowest BCUT2D eigenvalue weighted by Crippen LogP contribution is -2.56. The Labute approximate surface area is 180 Å². The molecule has 2 aromatic carbocycles. The van der Waals surface area contributed by atoms with E-state index in [1.54, 1.807) is 6.07 Å². The zero-order valence-corrected chi connectivity index (χ0v) is 18.1. The van der Waals surface area contributed by atoms with E-state index in [0.717, 1.165) is 4.31 Å². The van der Waals surface area contributed by atoms with Crippen molar-refractivity contribution in [1.29, 1.82) is 0 Å². The number of benzene rings is 2. The summed E-state index contributed by atoms with van der Waals surface area (Å²) < 4.78 is 134. The molecule has 0 unspecified atom stereocenters. The number of nitrogens with zero attached hydrogens (tertiary/aromatic N) is 1. The van der Waals surface area contributed by atoms with E-state index in [-0.39, 0.29) is 23.4 Å². The first-order valence-electron chi connectivity index (χ1n) is 8.70. The highest BCUT2D eigenvalue weighted by molar-refractivity contribution is 7.92. The zero-order valence-electron chi connectivity index (χ0n) is 16.5. The molecule has 0 N–H and O–H groups in total. The fourth-order valence-electron chi connectivity index (χ4n) is 2.93. The largest absolute Gasteiger partial charge is 0.432 e. The summed E-state index contributed by atoms with van der Waals surface area (Å²) in [7, 11) is -9.41. The summed E-state index contributed by atoms with van der Waals surface area (Å²) in [4.78, 5) is -0.147. The van der Waals surface area contributed by atoms with Gasteiger partial charge in [-0.1, -0.05) is 30.3 Å². The molecule has 0 heterocycles. The first-order chi connectivity index (χ1) is 14.5. The zero-order chi connectivity index (χ0) is 24.6. The Morgan fingerprint density at radius 1 is 0.812 bits per heavy atom. The van der Waals surface area contributed by atoms with Crippen LogP contribution in [0, 0.1) is 0 Å². The highest BCUT2D eigenvalue weighted by atomic mass is 32.2. The molecule has 2 aromatic rings. The normalized spacial score (nSPS) is 13.8. The standard InChI is InChI=1S/C18H17F6NO5S2/c1-3-25(32(28,29)15-7-5-4-6-8-15)14-11-9-13(10-12-14)16(17(19,20)21,18(22,23)24)30-31(2,26)27/h4-12H,3H2,1-2H3. The number of hydrogen-bond acceptors (Lipinski definition) is 5. The molecule has 0 aliphatic heterocycles. The second-order valence-corrected chi connectivity index (χ2v) is 9.93. The van der Waals surface area contributed by atoms with Crippen molar-refractivity contribution in [3.05, 3.63) is 60.2 Å². The van der Waals surface area contributed by atoms with Gasteiger partial charge >= 0.3 is 18.0 Å². The Balaban J connectivity index is 2.65. The van der Waals surface area contributed by atoms with E-state index < -0.39 is 43.7 Å². The molecule has 178 valence electrons. The average Bonchev–Trinajstić information content (AvgIpc) is 2.65. The van der Waals surface area contributed by atoms with Crippen molar-refractivity contribution in [1.82, 2.24) is 0 Å². The van der Waals surface area contributed by atoms with E-state index in [1.807, 2.05) is 0 Å². The Morgan fingerprint density at radius 2 is 1.28 bits per heavy atom. The molecule has 0 saturated heterocycles. The Hall–Kier alpha value is -2.32. The van der Waals surface area contributed by atoms with Crippen molar-refractivity contribution < 1.29 is 47.4 Å². The second kappa shape index (κ2) is 8.56. The molecular formula is C18H17F6NO5S2. The summed E-state index contributed by atoms with van der Waals surface area (Å²) in [5.74, 6) is 0. The third-order valence-corrected chi connectivity index (χ3v) is 6.72. The summed E-state index contributed by atoms with van der Waals surface area (Å²) in [6, 6.07) is 9.03. The predicted molar refractivity (Wildman–Crippen MR) is 103 cm³/mol. The van der Waals surface area contributed by atoms with Crippen molar-refractivity contribution in [2.45, 2.75) is 29.8 Å². The fraction of sp³-hybridized carbons (Fsp3) is 0.333. The van der Waals surface area contributed by atoms with Gasteiger partial charge in [0.1, 0.15) is 0 Å². The average molecular weight is 505 g/mol. The summed E-state index contributed by atoms with van der Waals surface area (Å²) in [5, 5.41) is 0. The van der Waals surface area contributed by atoms with E-state index in [0.29, 0.717) is 24.3 Å². The van der Waals surface area contributed by atoms with Gasteiger partial charge in [-0.25, -0.2) is 12.6 Å². The highest BCUT2D eigenvalue weighted by Crippen LogP contribution is 2.53. The molecule has 6 nitrogen and oxygen atoms in total. The first-order valence-corrected chi connectivity index (χ1v) is 12.0. The van der Waals surface area contributed by atoms with Gasteiger partial charge < -0.3 is 0 Å². The quantitative estimate of drug-likeness (QED) is 0.416. The van der Waals surface area contributed by atoms with E-state index in [2.05, 4.69) is 4.18 Å². The summed E-state index contributed by atoms with van der Waals surface area (Å²) >= 11 is 0. The van der Waals surface area contributed by atoms with E-state index in [1.165, 1.54) is 31.2 Å². The molecule has 0 spiro atoms. The van der Waals surface area contributed by atoms with Crippen LogP contribution in [0.5, 0.6) is 0 Å². The van der Waals surface area contributed by atoms with Gasteiger partial charge in [0.2, 0.25) is 0 Å². The molecule has 0 saturated carbocycles. The van der Waals surface area contributed by atoms with Gasteiger partial charge in [-0.3, -0.25) is 4.31 Å². The minimum atomic E-state index is -6.21. The number of anilines is 1. The maximum absolute atomic E-state index is 13.6. The minimum Gasteiger partial charge on any atom is -0.267 e. The number of hydrogen-bond donors (Lipinski definition) is 0. The third kappa shape index (κ3) is 4.86. The number of sulfonamides is 1. The van der Waals surface area contributed by atoms with Crippen molar-refractivity contribution in [3.8, 4) is 0 Å². The van der Waals surface area contributed by atoms with Gasteiger partial charge in [0.25, 0.3) is 20.1 Å². The number of alkyl halides is 6. The topological polar surface area (TPSA) is 80.8 Å². The lowest BCUT2D eigenvalue weighted by Gasteiger charge is -2.36. The molecule has 2 rings (SSSR count). The van der Waals surface area contributed by atoms with Crippen LogP contribution in [-0.2, 0) is 29.9 Å². The molecule has 0 amide bonds. The van der Waals surface area contributed by atoms with Gasteiger partial charge in [-0.2, -0.15) is 34.8 Å². The van der Waals surface area contributed by atoms with Crippen LogP contribution in [0.15, 0.2) is 59.5 Å². The monoisotopic (exact) mass is 505 g/mol. The lowest BCUT2D eigenvalue weighted by atomic mass is 9.92. The molecule has 0 aliphatic rings. The van der Waals surface area contributed by atoms with Gasteiger partial charge in [0.15, 0.2) is 0 Å². The molecule has 0 atom stereocenters. The maximum Gasteiger partial charge on any atom is 0.432 e. The SMILES string of the molecule is CCN(c1ccc(C(OS(C)(=O)=O)(C(F)(F)F)C(F)(F)F)cc1)S(=O)(=O)c1ccccc1. The van der Waals surface area contributed by atoms with Gasteiger partial charge in [0, 0.05) is 12.1 Å². The van der Waals surface area contributed by atoms with Gasteiger partial charge in [-0.15, -0.1) is 0 Å². The molecule has 32 heavy (non-hydrogen) atoms. The molecule has 0 aromatic heterocycles. The summed E-state index contributed by atoms with van der Waals surface area (Å²) in [5.41, 5.74) is -7.00. The maximum atomic E-state index is 13.6. The van der Waals surface area contributed by atoms with Gasteiger partial charge in [-0.05, 0) is 31.2 Å².